The number of amides is 1. The summed E-state index contributed by atoms with van der Waals surface area (Å²) >= 11 is 1.33. The number of esters is 1. The zero-order chi connectivity index (χ0) is 18.7. The first-order valence-electron chi connectivity index (χ1n) is 8.41. The Labute approximate surface area is 155 Å². The number of carbonyl (C=O) groups is 2. The number of nitrogens with one attached hydrogen (secondary N) is 1. The van der Waals surface area contributed by atoms with Crippen molar-refractivity contribution in [3.05, 3.63) is 52.5 Å². The molecule has 6 nitrogen and oxygen atoms in total. The molecule has 0 radical (unpaired) electrons. The molecule has 0 aliphatic carbocycles. The average molecular weight is 371 g/mol. The Morgan fingerprint density at radius 1 is 1.27 bits per heavy atom. The standard InChI is InChI=1S/C19H21N3O3S/c1-12(2)20-17(23)11-25-19(24)16-9-15-13(3)21-22(18(15)26-16)10-14-7-5-4-6-8-14/h4-9,12H,10-11H2,1-3H3,(H,20,23). The van der Waals surface area contributed by atoms with Crippen LogP contribution >= 0.6 is 11.3 Å². The van der Waals surface area contributed by atoms with Crippen molar-refractivity contribution in [3.8, 4) is 0 Å². The molecule has 0 aliphatic rings. The summed E-state index contributed by atoms with van der Waals surface area (Å²) in [4.78, 5) is 25.3. The SMILES string of the molecule is Cc1nn(Cc2ccccc2)c2sc(C(=O)OCC(=O)NC(C)C)cc12. The Bertz CT molecular complexity index is 928. The van der Waals surface area contributed by atoms with Crippen LogP contribution in [0.3, 0.4) is 0 Å². The van der Waals surface area contributed by atoms with E-state index in [1.807, 2.05) is 55.8 Å². The minimum atomic E-state index is -0.490. The number of benzene rings is 1. The number of ether oxygens (including phenoxy) is 1. The lowest BCUT2D eigenvalue weighted by Crippen LogP contribution is -2.33. The summed E-state index contributed by atoms with van der Waals surface area (Å²) in [6.07, 6.45) is 0. The summed E-state index contributed by atoms with van der Waals surface area (Å²) in [5, 5.41) is 8.19. The van der Waals surface area contributed by atoms with Crippen LogP contribution in [0.5, 0.6) is 0 Å². The number of aryl methyl sites for hydroxylation is 1. The van der Waals surface area contributed by atoms with Crippen molar-refractivity contribution >= 4 is 33.4 Å². The molecular weight excluding hydrogens is 350 g/mol. The van der Waals surface area contributed by atoms with E-state index in [4.69, 9.17) is 4.74 Å². The minimum absolute atomic E-state index is 0.0112. The number of rotatable bonds is 6. The van der Waals surface area contributed by atoms with E-state index in [9.17, 15) is 9.59 Å². The van der Waals surface area contributed by atoms with E-state index >= 15 is 0 Å². The van der Waals surface area contributed by atoms with Crippen molar-refractivity contribution in [1.82, 2.24) is 15.1 Å². The van der Waals surface area contributed by atoms with Gasteiger partial charge >= 0.3 is 5.97 Å². The first-order valence-corrected chi connectivity index (χ1v) is 9.23. The molecule has 7 heteroatoms. The molecule has 1 aromatic carbocycles. The fraction of sp³-hybridized carbons (Fsp3) is 0.316. The molecule has 2 heterocycles. The third kappa shape index (κ3) is 4.11. The van der Waals surface area contributed by atoms with Crippen molar-refractivity contribution in [2.45, 2.75) is 33.4 Å². The smallest absolute Gasteiger partial charge is 0.348 e. The van der Waals surface area contributed by atoms with E-state index in [0.717, 1.165) is 21.5 Å². The Morgan fingerprint density at radius 2 is 2.00 bits per heavy atom. The number of aromatic nitrogens is 2. The lowest BCUT2D eigenvalue weighted by Gasteiger charge is -2.08. The van der Waals surface area contributed by atoms with Gasteiger partial charge < -0.3 is 10.1 Å². The fourth-order valence-corrected chi connectivity index (χ4v) is 3.70. The lowest BCUT2D eigenvalue weighted by atomic mass is 10.2. The lowest BCUT2D eigenvalue weighted by molar-refractivity contribution is -0.124. The zero-order valence-corrected chi connectivity index (χ0v) is 15.8. The summed E-state index contributed by atoms with van der Waals surface area (Å²) in [5.41, 5.74) is 2.00. The van der Waals surface area contributed by atoms with Crippen LogP contribution in [-0.4, -0.2) is 34.3 Å². The maximum absolute atomic E-state index is 12.3. The van der Waals surface area contributed by atoms with Crippen molar-refractivity contribution in [3.63, 3.8) is 0 Å². The maximum Gasteiger partial charge on any atom is 0.348 e. The molecule has 0 spiro atoms. The summed E-state index contributed by atoms with van der Waals surface area (Å²) < 4.78 is 7.01. The van der Waals surface area contributed by atoms with Gasteiger partial charge in [0.15, 0.2) is 6.61 Å². The van der Waals surface area contributed by atoms with Gasteiger partial charge in [0.2, 0.25) is 0 Å². The number of thiophene rings is 1. The Kier molecular flexibility index (Phi) is 5.37. The topological polar surface area (TPSA) is 73.2 Å². The molecule has 3 aromatic rings. The molecule has 0 saturated heterocycles. The first kappa shape index (κ1) is 18.1. The van der Waals surface area contributed by atoms with Gasteiger partial charge in [-0.3, -0.25) is 9.48 Å². The van der Waals surface area contributed by atoms with E-state index in [1.54, 1.807) is 6.07 Å². The second-order valence-corrected chi connectivity index (χ2v) is 7.39. The molecule has 0 saturated carbocycles. The largest absolute Gasteiger partial charge is 0.451 e. The molecule has 0 unspecified atom stereocenters. The van der Waals surface area contributed by atoms with Crippen LogP contribution in [0.1, 0.15) is 34.8 Å². The van der Waals surface area contributed by atoms with Gasteiger partial charge in [0.1, 0.15) is 9.71 Å². The molecule has 0 aliphatic heterocycles. The Balaban J connectivity index is 1.75. The van der Waals surface area contributed by atoms with Gasteiger partial charge in [0, 0.05) is 11.4 Å². The highest BCUT2D eigenvalue weighted by Crippen LogP contribution is 2.29. The van der Waals surface area contributed by atoms with Crippen LogP contribution in [0.2, 0.25) is 0 Å². The van der Waals surface area contributed by atoms with Gasteiger partial charge in [-0.15, -0.1) is 11.3 Å². The van der Waals surface area contributed by atoms with E-state index in [0.29, 0.717) is 11.4 Å². The van der Waals surface area contributed by atoms with Crippen LogP contribution in [0.25, 0.3) is 10.2 Å². The molecule has 0 bridgehead atoms. The van der Waals surface area contributed by atoms with Crippen molar-refractivity contribution in [1.29, 1.82) is 0 Å². The normalized spacial score (nSPS) is 11.1. The third-order valence-corrected chi connectivity index (χ3v) is 4.90. The number of hydrogen-bond acceptors (Lipinski definition) is 5. The number of nitrogens with zero attached hydrogens (tertiary/aromatic N) is 2. The van der Waals surface area contributed by atoms with Crippen molar-refractivity contribution < 1.29 is 14.3 Å². The van der Waals surface area contributed by atoms with Gasteiger partial charge in [0.25, 0.3) is 5.91 Å². The molecule has 0 fully saturated rings. The van der Waals surface area contributed by atoms with Crippen LogP contribution in [0.4, 0.5) is 0 Å². The van der Waals surface area contributed by atoms with E-state index in [1.165, 1.54) is 11.3 Å². The van der Waals surface area contributed by atoms with Gasteiger partial charge in [0.05, 0.1) is 12.2 Å². The van der Waals surface area contributed by atoms with Crippen molar-refractivity contribution in [2.24, 2.45) is 0 Å². The predicted molar refractivity (Wildman–Crippen MR) is 101 cm³/mol. The molecule has 1 amide bonds. The molecule has 2 aromatic heterocycles. The zero-order valence-electron chi connectivity index (χ0n) is 15.0. The molecule has 3 rings (SSSR count). The van der Waals surface area contributed by atoms with Crippen LogP contribution in [0.15, 0.2) is 36.4 Å². The first-order chi connectivity index (χ1) is 12.4. The number of fused-ring (bicyclic) bond motifs is 1. The van der Waals surface area contributed by atoms with Crippen LogP contribution in [-0.2, 0) is 16.1 Å². The Morgan fingerprint density at radius 3 is 2.69 bits per heavy atom. The van der Waals surface area contributed by atoms with Gasteiger partial charge in [-0.2, -0.15) is 5.10 Å². The van der Waals surface area contributed by atoms with Crippen molar-refractivity contribution in [2.75, 3.05) is 6.61 Å². The van der Waals surface area contributed by atoms with Crippen LogP contribution in [0, 0.1) is 6.92 Å². The predicted octanol–water partition coefficient (Wildman–Crippen LogP) is 3.14. The molecular formula is C19H21N3O3S. The summed E-state index contributed by atoms with van der Waals surface area (Å²) in [6, 6.07) is 11.8. The average Bonchev–Trinajstić information content (AvgIpc) is 3.15. The fourth-order valence-electron chi connectivity index (χ4n) is 2.64. The maximum atomic E-state index is 12.3. The van der Waals surface area contributed by atoms with E-state index < -0.39 is 5.97 Å². The second kappa shape index (κ2) is 7.70. The summed E-state index contributed by atoms with van der Waals surface area (Å²) in [7, 11) is 0. The molecule has 26 heavy (non-hydrogen) atoms. The quantitative estimate of drug-likeness (QED) is 0.676. The van der Waals surface area contributed by atoms with Gasteiger partial charge in [-0.1, -0.05) is 30.3 Å². The van der Waals surface area contributed by atoms with Crippen LogP contribution < -0.4 is 5.32 Å². The molecule has 0 atom stereocenters. The molecule has 1 N–H and O–H groups in total. The highest BCUT2D eigenvalue weighted by Gasteiger charge is 2.18. The van der Waals surface area contributed by atoms with Gasteiger partial charge in [-0.25, -0.2) is 4.79 Å². The van der Waals surface area contributed by atoms with Gasteiger partial charge in [-0.05, 0) is 32.4 Å². The summed E-state index contributed by atoms with van der Waals surface area (Å²) in [5.74, 6) is -0.795. The monoisotopic (exact) mass is 371 g/mol. The second-order valence-electron chi connectivity index (χ2n) is 6.36. The van der Waals surface area contributed by atoms with E-state index in [-0.39, 0.29) is 18.6 Å². The Hall–Kier alpha value is -2.67. The number of carbonyl (C=O) groups excluding carboxylic acids is 2. The molecule has 136 valence electrons. The number of hydrogen-bond donors (Lipinski definition) is 1. The summed E-state index contributed by atoms with van der Waals surface area (Å²) in [6.45, 7) is 5.99. The minimum Gasteiger partial charge on any atom is -0.451 e. The highest BCUT2D eigenvalue weighted by molar-refractivity contribution is 7.20. The highest BCUT2D eigenvalue weighted by atomic mass is 32.1. The third-order valence-electron chi connectivity index (χ3n) is 3.77. The van der Waals surface area contributed by atoms with E-state index in [2.05, 4.69) is 10.4 Å².